The summed E-state index contributed by atoms with van der Waals surface area (Å²) in [6.45, 7) is 19.4. The van der Waals surface area contributed by atoms with Crippen LogP contribution in [-0.2, 0) is 6.42 Å². The van der Waals surface area contributed by atoms with E-state index < -0.39 is 0 Å². The number of benzene rings is 2. The van der Waals surface area contributed by atoms with Gasteiger partial charge in [0.05, 0.1) is 11.5 Å². The monoisotopic (exact) mass is 458 g/mol. The highest BCUT2D eigenvalue weighted by Crippen LogP contribution is 2.48. The zero-order valence-electron chi connectivity index (χ0n) is 21.2. The van der Waals surface area contributed by atoms with E-state index in [9.17, 15) is 5.26 Å². The minimum Gasteiger partial charge on any atom is -0.457 e. The van der Waals surface area contributed by atoms with E-state index in [0.717, 1.165) is 56.9 Å². The largest absolute Gasteiger partial charge is 0.457 e. The maximum Gasteiger partial charge on any atom is 0.135 e. The van der Waals surface area contributed by atoms with Gasteiger partial charge in [0.1, 0.15) is 17.6 Å². The fourth-order valence-corrected chi connectivity index (χ4v) is 5.50. The van der Waals surface area contributed by atoms with E-state index in [1.165, 1.54) is 22.3 Å². The predicted molar refractivity (Wildman–Crippen MR) is 144 cm³/mol. The molecule has 2 heterocycles. The van der Waals surface area contributed by atoms with Gasteiger partial charge in [-0.25, -0.2) is 0 Å². The summed E-state index contributed by atoms with van der Waals surface area (Å²) in [6, 6.07) is 11.2. The summed E-state index contributed by atoms with van der Waals surface area (Å²) in [7, 11) is 0. The average molecular weight is 459 g/mol. The Balaban J connectivity index is 1.80. The van der Waals surface area contributed by atoms with Crippen molar-refractivity contribution < 1.29 is 4.74 Å². The van der Waals surface area contributed by atoms with E-state index >= 15 is 0 Å². The number of aliphatic imine (C=N–C) groups is 1. The third-order valence-electron chi connectivity index (χ3n) is 7.68. The lowest BCUT2D eigenvalue weighted by molar-refractivity contribution is 0.425. The predicted octanol–water partition coefficient (Wildman–Crippen LogP) is 7.66. The number of ether oxygens (including phenoxy) is 1. The van der Waals surface area contributed by atoms with Gasteiger partial charge in [0, 0.05) is 29.5 Å². The van der Waals surface area contributed by atoms with E-state index in [2.05, 4.69) is 84.2 Å². The van der Waals surface area contributed by atoms with Crippen molar-refractivity contribution in [2.24, 2.45) is 10.9 Å². The summed E-state index contributed by atoms with van der Waals surface area (Å²) in [5.41, 5.74) is 13.7. The van der Waals surface area contributed by atoms with Gasteiger partial charge in [-0.05, 0) is 103 Å². The van der Waals surface area contributed by atoms with Crippen molar-refractivity contribution in [2.75, 3.05) is 0 Å². The number of allylic oxidation sites excluding steroid dienone is 6. The summed E-state index contributed by atoms with van der Waals surface area (Å²) >= 11 is 0. The molecule has 0 saturated carbocycles. The van der Waals surface area contributed by atoms with Crippen LogP contribution in [0.5, 0.6) is 5.75 Å². The number of hydrogen-bond acceptors (Lipinski definition) is 3. The van der Waals surface area contributed by atoms with Gasteiger partial charge in [-0.2, -0.15) is 5.26 Å². The molecular formula is C32H30N2O. The minimum atomic E-state index is -0.246. The van der Waals surface area contributed by atoms with Gasteiger partial charge in [-0.3, -0.25) is 4.99 Å². The molecule has 0 N–H and O–H groups in total. The molecule has 1 aliphatic carbocycles. The molecule has 0 saturated heterocycles. The van der Waals surface area contributed by atoms with Crippen LogP contribution in [0.25, 0.3) is 11.1 Å². The summed E-state index contributed by atoms with van der Waals surface area (Å²) in [5, 5.41) is 10.5. The van der Waals surface area contributed by atoms with Crippen LogP contribution < -0.4 is 4.74 Å². The molecule has 2 aromatic rings. The first kappa shape index (κ1) is 22.9. The van der Waals surface area contributed by atoms with Crippen molar-refractivity contribution in [2.45, 2.75) is 47.5 Å². The molecule has 3 nitrogen and oxygen atoms in total. The van der Waals surface area contributed by atoms with E-state index in [4.69, 9.17) is 9.73 Å². The highest BCUT2D eigenvalue weighted by Gasteiger charge is 2.37. The second-order valence-electron chi connectivity index (χ2n) is 9.91. The van der Waals surface area contributed by atoms with Crippen LogP contribution in [0.3, 0.4) is 0 Å². The van der Waals surface area contributed by atoms with Crippen LogP contribution in [0, 0.1) is 44.9 Å². The second-order valence-corrected chi connectivity index (χ2v) is 9.91. The molecule has 5 rings (SSSR count). The molecular weight excluding hydrogens is 428 g/mol. The van der Waals surface area contributed by atoms with Crippen molar-refractivity contribution in [3.8, 4) is 11.8 Å². The van der Waals surface area contributed by atoms with Crippen molar-refractivity contribution in [3.05, 3.63) is 111 Å². The smallest absolute Gasteiger partial charge is 0.135 e. The van der Waals surface area contributed by atoms with Gasteiger partial charge < -0.3 is 4.74 Å². The SMILES string of the molecule is C=C1Cc2cc(C)c(C)cc2C(C#N)=C1C(C1=NC=CC1)C1=C(C)c2cc(C)c(C)cc2OC1=C. The molecule has 3 heteroatoms. The average Bonchev–Trinajstić information content (AvgIpc) is 3.34. The van der Waals surface area contributed by atoms with Crippen LogP contribution in [0.2, 0.25) is 0 Å². The Morgan fingerprint density at radius 1 is 0.914 bits per heavy atom. The number of hydrogen-bond donors (Lipinski definition) is 0. The molecule has 0 spiro atoms. The molecule has 0 aromatic heterocycles. The molecule has 3 aliphatic rings. The lowest BCUT2D eigenvalue weighted by Crippen LogP contribution is -2.27. The molecule has 35 heavy (non-hydrogen) atoms. The van der Waals surface area contributed by atoms with Gasteiger partial charge in [0.2, 0.25) is 0 Å². The zero-order chi connectivity index (χ0) is 25.0. The minimum absolute atomic E-state index is 0.246. The Morgan fingerprint density at radius 3 is 2.23 bits per heavy atom. The number of nitrogens with zero attached hydrogens (tertiary/aromatic N) is 2. The molecule has 0 amide bonds. The Kier molecular flexibility index (Phi) is 5.49. The van der Waals surface area contributed by atoms with E-state index in [1.54, 1.807) is 0 Å². The summed E-state index contributed by atoms with van der Waals surface area (Å²) < 4.78 is 6.33. The highest BCUT2D eigenvalue weighted by molar-refractivity contribution is 6.02. The lowest BCUT2D eigenvalue weighted by atomic mass is 9.71. The summed E-state index contributed by atoms with van der Waals surface area (Å²) in [4.78, 5) is 4.75. The Labute approximate surface area is 208 Å². The quantitative estimate of drug-likeness (QED) is 0.474. The Hall–Kier alpha value is -3.90. The van der Waals surface area contributed by atoms with Gasteiger partial charge >= 0.3 is 0 Å². The van der Waals surface area contributed by atoms with E-state index in [0.29, 0.717) is 17.8 Å². The highest BCUT2D eigenvalue weighted by atomic mass is 16.5. The van der Waals surface area contributed by atoms with Gasteiger partial charge in [0.25, 0.3) is 0 Å². The normalized spacial score (nSPS) is 17.7. The van der Waals surface area contributed by atoms with E-state index in [1.807, 2.05) is 6.20 Å². The third kappa shape index (κ3) is 3.61. The molecule has 2 aliphatic heterocycles. The van der Waals surface area contributed by atoms with E-state index in [-0.39, 0.29) is 5.92 Å². The second kappa shape index (κ2) is 8.40. The van der Waals surface area contributed by atoms with Crippen molar-refractivity contribution in [1.82, 2.24) is 0 Å². The summed E-state index contributed by atoms with van der Waals surface area (Å²) in [5.74, 6) is 1.20. The molecule has 2 aromatic carbocycles. The maximum atomic E-state index is 10.5. The molecule has 0 fully saturated rings. The fourth-order valence-electron chi connectivity index (χ4n) is 5.50. The molecule has 0 bridgehead atoms. The first-order valence-electron chi connectivity index (χ1n) is 12.0. The van der Waals surface area contributed by atoms with Crippen molar-refractivity contribution in [1.29, 1.82) is 5.26 Å². The molecule has 0 radical (unpaired) electrons. The first-order chi connectivity index (χ1) is 16.7. The standard InChI is InChI=1S/C32H30N2O/c1-17-11-24-12-21(5)30(27(16-33)26(24)14-19(17)3)32(28-9-8-10-34-28)31-22(6)25-13-18(2)20(4)15-29(25)35-23(31)7/h8,10-11,13-15,32H,5,7,9,12H2,1-4,6H3. The number of nitriles is 1. The molecule has 1 atom stereocenters. The zero-order valence-corrected chi connectivity index (χ0v) is 21.2. The lowest BCUT2D eigenvalue weighted by Gasteiger charge is -2.34. The van der Waals surface area contributed by atoms with Crippen LogP contribution in [0.4, 0.5) is 0 Å². The van der Waals surface area contributed by atoms with Crippen LogP contribution in [-0.4, -0.2) is 5.71 Å². The molecule has 1 unspecified atom stereocenters. The summed E-state index contributed by atoms with van der Waals surface area (Å²) in [6.07, 6.45) is 5.35. The van der Waals surface area contributed by atoms with Gasteiger partial charge in [0.15, 0.2) is 0 Å². The first-order valence-corrected chi connectivity index (χ1v) is 12.0. The van der Waals surface area contributed by atoms with Crippen molar-refractivity contribution in [3.63, 3.8) is 0 Å². The molecule has 174 valence electrons. The maximum absolute atomic E-state index is 10.5. The number of rotatable bonds is 3. The third-order valence-corrected chi connectivity index (χ3v) is 7.68. The van der Waals surface area contributed by atoms with Gasteiger partial charge in [-0.15, -0.1) is 0 Å². The Morgan fingerprint density at radius 2 is 1.57 bits per heavy atom. The fraction of sp³-hybridized carbons (Fsp3) is 0.250. The van der Waals surface area contributed by atoms with Crippen molar-refractivity contribution >= 4 is 16.9 Å². The van der Waals surface area contributed by atoms with Crippen LogP contribution in [0.1, 0.15) is 52.3 Å². The van der Waals surface area contributed by atoms with Crippen LogP contribution in [0.15, 0.2) is 77.2 Å². The number of aryl methyl sites for hydroxylation is 4. The van der Waals surface area contributed by atoms with Crippen LogP contribution >= 0.6 is 0 Å². The Bertz CT molecular complexity index is 1500. The number of fused-ring (bicyclic) bond motifs is 2. The topological polar surface area (TPSA) is 45.4 Å². The van der Waals surface area contributed by atoms with Gasteiger partial charge in [-0.1, -0.05) is 31.4 Å².